The molecule has 0 heterocycles. The van der Waals surface area contributed by atoms with E-state index in [1.165, 1.54) is 17.3 Å². The molecule has 0 unspecified atom stereocenters. The summed E-state index contributed by atoms with van der Waals surface area (Å²) < 4.78 is 10.6. The minimum atomic E-state index is -0.188. The lowest BCUT2D eigenvalue weighted by molar-refractivity contribution is -0.126. The van der Waals surface area contributed by atoms with Crippen molar-refractivity contribution < 1.29 is 19.1 Å². The molecule has 0 spiro atoms. The van der Waals surface area contributed by atoms with Crippen LogP contribution < -0.4 is 14.8 Å². The van der Waals surface area contributed by atoms with E-state index >= 15 is 0 Å². The Balaban J connectivity index is 1.54. The van der Waals surface area contributed by atoms with Crippen molar-refractivity contribution in [1.29, 1.82) is 0 Å². The van der Waals surface area contributed by atoms with Gasteiger partial charge in [0.25, 0.3) is 5.91 Å². The number of benzene rings is 2. The number of hydrogen-bond donors (Lipinski definition) is 1. The molecule has 2 aromatic carbocycles. The third kappa shape index (κ3) is 4.58. The number of methoxy groups -OCH3 is 2. The monoisotopic (exact) mass is 368 g/mol. The zero-order valence-electron chi connectivity index (χ0n) is 15.6. The average Bonchev–Trinajstić information content (AvgIpc) is 2.71. The van der Waals surface area contributed by atoms with Crippen LogP contribution in [0.25, 0.3) is 0 Å². The van der Waals surface area contributed by atoms with E-state index in [1.807, 2.05) is 24.3 Å². The van der Waals surface area contributed by atoms with Crippen molar-refractivity contribution in [3.05, 3.63) is 59.2 Å². The van der Waals surface area contributed by atoms with Crippen LogP contribution in [0.5, 0.6) is 11.5 Å². The molecule has 6 nitrogen and oxygen atoms in total. The number of aryl methyl sites for hydroxylation is 1. The number of amides is 1. The molecule has 0 aromatic heterocycles. The zero-order valence-corrected chi connectivity index (χ0v) is 15.6. The molecule has 0 aliphatic heterocycles. The summed E-state index contributed by atoms with van der Waals surface area (Å²) in [6.07, 6.45) is 4.57. The Morgan fingerprint density at radius 3 is 2.85 bits per heavy atom. The van der Waals surface area contributed by atoms with E-state index in [0.717, 1.165) is 19.3 Å². The largest absolute Gasteiger partial charge is 0.493 e. The van der Waals surface area contributed by atoms with Crippen LogP contribution in [0.2, 0.25) is 0 Å². The first kappa shape index (κ1) is 18.8. The summed E-state index contributed by atoms with van der Waals surface area (Å²) in [6.45, 7) is -0.137. The first-order valence-corrected chi connectivity index (χ1v) is 8.96. The SMILES string of the molecule is COc1cccc(/C=N\OCC(=O)N[C@@H]2CCCc3ccccc32)c1OC. The van der Waals surface area contributed by atoms with Gasteiger partial charge in [-0.05, 0) is 42.5 Å². The molecule has 27 heavy (non-hydrogen) atoms. The second-order valence-corrected chi connectivity index (χ2v) is 6.30. The zero-order chi connectivity index (χ0) is 19.1. The fourth-order valence-corrected chi connectivity index (χ4v) is 3.34. The molecule has 0 bridgehead atoms. The van der Waals surface area contributed by atoms with Crippen molar-refractivity contribution in [2.45, 2.75) is 25.3 Å². The van der Waals surface area contributed by atoms with Crippen LogP contribution >= 0.6 is 0 Å². The van der Waals surface area contributed by atoms with Crippen LogP contribution in [-0.2, 0) is 16.1 Å². The van der Waals surface area contributed by atoms with Gasteiger partial charge in [-0.15, -0.1) is 0 Å². The Hall–Kier alpha value is -3.02. The van der Waals surface area contributed by atoms with Crippen molar-refractivity contribution in [2.75, 3.05) is 20.8 Å². The molecule has 1 atom stereocenters. The summed E-state index contributed by atoms with van der Waals surface area (Å²) in [7, 11) is 3.13. The van der Waals surface area contributed by atoms with E-state index in [2.05, 4.69) is 22.6 Å². The topological polar surface area (TPSA) is 69.2 Å². The standard InChI is InChI=1S/C21H24N2O4/c1-25-19-12-6-9-16(21(19)26-2)13-22-27-14-20(24)23-18-11-5-8-15-7-3-4-10-17(15)18/h3-4,6-7,9-10,12-13,18H,5,8,11,14H2,1-2H3,(H,23,24)/b22-13-/t18-/m1/s1. The predicted molar refractivity (Wildman–Crippen MR) is 103 cm³/mol. The van der Waals surface area contributed by atoms with Gasteiger partial charge >= 0.3 is 0 Å². The number of carbonyl (C=O) groups is 1. The number of oxime groups is 1. The number of para-hydroxylation sites is 1. The maximum atomic E-state index is 12.2. The summed E-state index contributed by atoms with van der Waals surface area (Å²) in [5, 5.41) is 6.91. The van der Waals surface area contributed by atoms with Crippen LogP contribution in [0.3, 0.4) is 0 Å². The van der Waals surface area contributed by atoms with Gasteiger partial charge in [-0.1, -0.05) is 35.5 Å². The molecule has 3 rings (SSSR count). The lowest BCUT2D eigenvalue weighted by Crippen LogP contribution is -2.33. The van der Waals surface area contributed by atoms with Gasteiger partial charge < -0.3 is 19.6 Å². The van der Waals surface area contributed by atoms with Crippen LogP contribution in [0.15, 0.2) is 47.6 Å². The highest BCUT2D eigenvalue weighted by Gasteiger charge is 2.21. The van der Waals surface area contributed by atoms with E-state index in [0.29, 0.717) is 17.1 Å². The summed E-state index contributed by atoms with van der Waals surface area (Å²) in [4.78, 5) is 17.4. The van der Waals surface area contributed by atoms with Crippen LogP contribution in [0, 0.1) is 0 Å². The van der Waals surface area contributed by atoms with Gasteiger partial charge in [-0.25, -0.2) is 0 Å². The molecule has 1 N–H and O–H groups in total. The molecule has 0 saturated carbocycles. The fraction of sp³-hybridized carbons (Fsp3) is 0.333. The summed E-state index contributed by atoms with van der Waals surface area (Å²) in [6, 6.07) is 13.7. The Kier molecular flexibility index (Phi) is 6.30. The molecule has 1 aliphatic rings. The van der Waals surface area contributed by atoms with Crippen LogP contribution in [0.4, 0.5) is 0 Å². The van der Waals surface area contributed by atoms with Crippen molar-refractivity contribution in [3.8, 4) is 11.5 Å². The molecule has 0 saturated heterocycles. The highest BCUT2D eigenvalue weighted by molar-refractivity contribution is 5.85. The molecule has 1 aliphatic carbocycles. The fourth-order valence-electron chi connectivity index (χ4n) is 3.34. The lowest BCUT2D eigenvalue weighted by atomic mass is 9.88. The Bertz CT molecular complexity index is 820. The minimum Gasteiger partial charge on any atom is -0.493 e. The minimum absolute atomic E-state index is 0.0357. The van der Waals surface area contributed by atoms with Gasteiger partial charge in [0.1, 0.15) is 0 Å². The van der Waals surface area contributed by atoms with Gasteiger partial charge in [-0.2, -0.15) is 0 Å². The van der Waals surface area contributed by atoms with Crippen LogP contribution in [0.1, 0.15) is 35.6 Å². The molecule has 1 amide bonds. The third-order valence-corrected chi connectivity index (χ3v) is 4.60. The van der Waals surface area contributed by atoms with E-state index < -0.39 is 0 Å². The predicted octanol–water partition coefficient (Wildman–Crippen LogP) is 3.25. The lowest BCUT2D eigenvalue weighted by Gasteiger charge is -2.26. The van der Waals surface area contributed by atoms with Gasteiger partial charge in [0.2, 0.25) is 0 Å². The van der Waals surface area contributed by atoms with E-state index in [-0.39, 0.29) is 18.6 Å². The number of rotatable bonds is 7. The van der Waals surface area contributed by atoms with Crippen molar-refractivity contribution in [1.82, 2.24) is 5.32 Å². The maximum Gasteiger partial charge on any atom is 0.261 e. The maximum absolute atomic E-state index is 12.2. The Labute approximate surface area is 159 Å². The number of nitrogens with one attached hydrogen (secondary N) is 1. The van der Waals surface area contributed by atoms with Crippen molar-refractivity contribution >= 4 is 12.1 Å². The van der Waals surface area contributed by atoms with E-state index in [4.69, 9.17) is 14.3 Å². The van der Waals surface area contributed by atoms with Gasteiger partial charge in [0, 0.05) is 5.56 Å². The number of fused-ring (bicyclic) bond motifs is 1. The normalized spacial score (nSPS) is 15.9. The summed E-state index contributed by atoms with van der Waals surface area (Å²) in [5.74, 6) is 0.984. The molecular formula is C21H24N2O4. The molecular weight excluding hydrogens is 344 g/mol. The molecule has 0 fully saturated rings. The number of ether oxygens (including phenoxy) is 2. The molecule has 6 heteroatoms. The Morgan fingerprint density at radius 1 is 1.19 bits per heavy atom. The first-order chi connectivity index (χ1) is 13.2. The molecule has 2 aromatic rings. The van der Waals surface area contributed by atoms with Crippen molar-refractivity contribution in [3.63, 3.8) is 0 Å². The second kappa shape index (κ2) is 9.07. The summed E-state index contributed by atoms with van der Waals surface area (Å²) >= 11 is 0. The van der Waals surface area contributed by atoms with Gasteiger partial charge in [0.05, 0.1) is 26.5 Å². The van der Waals surface area contributed by atoms with E-state index in [9.17, 15) is 4.79 Å². The molecule has 142 valence electrons. The van der Waals surface area contributed by atoms with Crippen molar-refractivity contribution in [2.24, 2.45) is 5.16 Å². The second-order valence-electron chi connectivity index (χ2n) is 6.30. The highest BCUT2D eigenvalue weighted by atomic mass is 16.6. The average molecular weight is 368 g/mol. The third-order valence-electron chi connectivity index (χ3n) is 4.60. The quantitative estimate of drug-likeness (QED) is 0.602. The number of carbonyl (C=O) groups excluding carboxylic acids is 1. The smallest absolute Gasteiger partial charge is 0.261 e. The van der Waals surface area contributed by atoms with Gasteiger partial charge in [0.15, 0.2) is 18.1 Å². The van der Waals surface area contributed by atoms with Gasteiger partial charge in [-0.3, -0.25) is 4.79 Å². The highest BCUT2D eigenvalue weighted by Crippen LogP contribution is 2.30. The first-order valence-electron chi connectivity index (χ1n) is 8.96. The number of hydrogen-bond acceptors (Lipinski definition) is 5. The number of nitrogens with zero attached hydrogens (tertiary/aromatic N) is 1. The summed E-state index contributed by atoms with van der Waals surface area (Å²) in [5.41, 5.74) is 3.21. The van der Waals surface area contributed by atoms with E-state index in [1.54, 1.807) is 20.3 Å². The van der Waals surface area contributed by atoms with Crippen LogP contribution in [-0.4, -0.2) is 32.9 Å². The Morgan fingerprint density at radius 2 is 2.04 bits per heavy atom. The molecule has 0 radical (unpaired) electrons.